The minimum Gasteiger partial charge on any atom is -0.325 e. The monoisotopic (exact) mass is 253 g/mol. The van der Waals surface area contributed by atoms with Gasteiger partial charge in [0, 0.05) is 5.54 Å². The van der Waals surface area contributed by atoms with Gasteiger partial charge in [0.25, 0.3) is 0 Å². The van der Waals surface area contributed by atoms with E-state index >= 15 is 0 Å². The first kappa shape index (κ1) is 14.5. The van der Waals surface area contributed by atoms with Crippen molar-refractivity contribution in [1.82, 2.24) is 0 Å². The molecule has 2 heteroatoms. The Kier molecular flexibility index (Phi) is 5.03. The Balaban J connectivity index is 0.00000144. The molecular formula is C15H24ClN. The molecule has 0 saturated heterocycles. The van der Waals surface area contributed by atoms with E-state index in [9.17, 15) is 0 Å². The van der Waals surface area contributed by atoms with Crippen molar-refractivity contribution in [3.8, 4) is 0 Å². The van der Waals surface area contributed by atoms with Gasteiger partial charge in [0.1, 0.15) is 0 Å². The van der Waals surface area contributed by atoms with Gasteiger partial charge in [-0.2, -0.15) is 0 Å². The van der Waals surface area contributed by atoms with Gasteiger partial charge in [-0.05, 0) is 56.9 Å². The third-order valence-electron chi connectivity index (χ3n) is 4.05. The van der Waals surface area contributed by atoms with Gasteiger partial charge in [-0.1, -0.05) is 30.3 Å². The van der Waals surface area contributed by atoms with Gasteiger partial charge >= 0.3 is 0 Å². The largest absolute Gasteiger partial charge is 0.325 e. The zero-order chi connectivity index (χ0) is 11.6. The maximum absolute atomic E-state index is 6.19. The highest BCUT2D eigenvalue weighted by molar-refractivity contribution is 5.85. The highest BCUT2D eigenvalue weighted by Gasteiger charge is 2.30. The van der Waals surface area contributed by atoms with Crippen LogP contribution in [0.25, 0.3) is 0 Å². The van der Waals surface area contributed by atoms with Crippen LogP contribution in [0.4, 0.5) is 0 Å². The first-order valence-electron chi connectivity index (χ1n) is 6.41. The molecule has 1 saturated carbocycles. The zero-order valence-corrected chi connectivity index (χ0v) is 11.7. The normalized spacial score (nSPS) is 25.1. The Hall–Kier alpha value is -0.530. The van der Waals surface area contributed by atoms with Gasteiger partial charge in [0.05, 0.1) is 0 Å². The van der Waals surface area contributed by atoms with Crippen LogP contribution in [0, 0.1) is 5.92 Å². The minimum absolute atomic E-state index is 0. The van der Waals surface area contributed by atoms with Crippen LogP contribution in [0.3, 0.4) is 0 Å². The van der Waals surface area contributed by atoms with Crippen LogP contribution in [0.2, 0.25) is 0 Å². The van der Waals surface area contributed by atoms with Crippen molar-refractivity contribution >= 4 is 12.4 Å². The predicted molar refractivity (Wildman–Crippen MR) is 76.7 cm³/mol. The molecule has 1 aliphatic rings. The first-order valence-corrected chi connectivity index (χ1v) is 6.41. The van der Waals surface area contributed by atoms with Crippen molar-refractivity contribution in [2.75, 3.05) is 0 Å². The molecule has 0 unspecified atom stereocenters. The molecule has 0 radical (unpaired) electrons. The fourth-order valence-electron chi connectivity index (χ4n) is 2.90. The number of hydrogen-bond acceptors (Lipinski definition) is 1. The van der Waals surface area contributed by atoms with E-state index in [-0.39, 0.29) is 17.9 Å². The van der Waals surface area contributed by atoms with Gasteiger partial charge < -0.3 is 5.73 Å². The number of rotatable bonds is 2. The molecule has 96 valence electrons. The average Bonchev–Trinajstić information content (AvgIpc) is 2.29. The van der Waals surface area contributed by atoms with Crippen molar-refractivity contribution in [3.05, 3.63) is 35.9 Å². The molecule has 0 aliphatic heterocycles. The summed E-state index contributed by atoms with van der Waals surface area (Å²) in [5.41, 5.74) is 7.71. The summed E-state index contributed by atoms with van der Waals surface area (Å²) in [5.74, 6) is 1.47. The van der Waals surface area contributed by atoms with E-state index < -0.39 is 0 Å². The Morgan fingerprint density at radius 2 is 1.53 bits per heavy atom. The van der Waals surface area contributed by atoms with Crippen LogP contribution in [-0.4, -0.2) is 5.54 Å². The van der Waals surface area contributed by atoms with Gasteiger partial charge in [0.2, 0.25) is 0 Å². The second-order valence-electron chi connectivity index (χ2n) is 5.78. The minimum atomic E-state index is 0. The van der Waals surface area contributed by atoms with Crippen LogP contribution in [0.1, 0.15) is 51.0 Å². The Bertz CT molecular complexity index is 321. The highest BCUT2D eigenvalue weighted by Crippen LogP contribution is 2.38. The molecule has 1 aromatic carbocycles. The Morgan fingerprint density at radius 3 is 2.00 bits per heavy atom. The van der Waals surface area contributed by atoms with Crippen molar-refractivity contribution in [2.24, 2.45) is 11.7 Å². The molecule has 1 fully saturated rings. The lowest BCUT2D eigenvalue weighted by Gasteiger charge is -2.36. The molecule has 1 aliphatic carbocycles. The van der Waals surface area contributed by atoms with E-state index in [2.05, 4.69) is 44.2 Å². The van der Waals surface area contributed by atoms with Crippen LogP contribution in [0.15, 0.2) is 30.3 Å². The Labute approximate surface area is 111 Å². The lowest BCUT2D eigenvalue weighted by molar-refractivity contribution is 0.224. The lowest BCUT2D eigenvalue weighted by atomic mass is 9.72. The van der Waals surface area contributed by atoms with Crippen molar-refractivity contribution in [2.45, 2.75) is 51.0 Å². The summed E-state index contributed by atoms with van der Waals surface area (Å²) in [6.07, 6.45) is 5.16. The predicted octanol–water partition coefficient (Wildman–Crippen LogP) is 4.12. The smallest absolute Gasteiger partial charge is 0.0125 e. The van der Waals surface area contributed by atoms with Crippen molar-refractivity contribution in [1.29, 1.82) is 0 Å². The first-order chi connectivity index (χ1) is 7.57. The second kappa shape index (κ2) is 5.88. The van der Waals surface area contributed by atoms with E-state index in [1.807, 2.05) is 0 Å². The standard InChI is InChI=1S/C15H23N.ClH/c1-15(2,16)14-10-8-13(9-11-14)12-6-4-3-5-7-12;/h3-7,13-14H,8-11,16H2,1-2H3;1H. The van der Waals surface area contributed by atoms with Crippen LogP contribution in [-0.2, 0) is 0 Å². The van der Waals surface area contributed by atoms with E-state index in [1.165, 1.54) is 31.2 Å². The average molecular weight is 254 g/mol. The summed E-state index contributed by atoms with van der Waals surface area (Å²) < 4.78 is 0. The van der Waals surface area contributed by atoms with E-state index in [0.29, 0.717) is 5.92 Å². The lowest BCUT2D eigenvalue weighted by Crippen LogP contribution is -2.42. The van der Waals surface area contributed by atoms with Gasteiger partial charge in [-0.15, -0.1) is 12.4 Å². The molecule has 17 heavy (non-hydrogen) atoms. The molecule has 0 bridgehead atoms. The molecule has 0 heterocycles. The fourth-order valence-corrected chi connectivity index (χ4v) is 2.90. The highest BCUT2D eigenvalue weighted by atomic mass is 35.5. The summed E-state index contributed by atoms with van der Waals surface area (Å²) in [7, 11) is 0. The van der Waals surface area contributed by atoms with E-state index in [4.69, 9.17) is 5.73 Å². The van der Waals surface area contributed by atoms with E-state index in [0.717, 1.165) is 5.92 Å². The molecular weight excluding hydrogens is 230 g/mol. The summed E-state index contributed by atoms with van der Waals surface area (Å²) in [4.78, 5) is 0. The molecule has 2 N–H and O–H groups in total. The number of halogens is 1. The van der Waals surface area contributed by atoms with Crippen LogP contribution < -0.4 is 5.73 Å². The zero-order valence-electron chi connectivity index (χ0n) is 10.9. The molecule has 0 amide bonds. The van der Waals surface area contributed by atoms with Crippen molar-refractivity contribution in [3.63, 3.8) is 0 Å². The topological polar surface area (TPSA) is 26.0 Å². The molecule has 0 aromatic heterocycles. The summed E-state index contributed by atoms with van der Waals surface area (Å²) in [5, 5.41) is 0. The second-order valence-corrected chi connectivity index (χ2v) is 5.78. The van der Waals surface area contributed by atoms with Gasteiger partial charge in [0.15, 0.2) is 0 Å². The summed E-state index contributed by atoms with van der Waals surface area (Å²) in [6, 6.07) is 10.9. The Morgan fingerprint density at radius 1 is 1.00 bits per heavy atom. The van der Waals surface area contributed by atoms with Crippen LogP contribution in [0.5, 0.6) is 0 Å². The summed E-state index contributed by atoms with van der Waals surface area (Å²) in [6.45, 7) is 4.33. The number of hydrogen-bond donors (Lipinski definition) is 1. The molecule has 0 atom stereocenters. The SMILES string of the molecule is CC(C)(N)C1CCC(c2ccccc2)CC1.Cl. The van der Waals surface area contributed by atoms with E-state index in [1.54, 1.807) is 0 Å². The maximum atomic E-state index is 6.19. The fraction of sp³-hybridized carbons (Fsp3) is 0.600. The summed E-state index contributed by atoms with van der Waals surface area (Å²) >= 11 is 0. The number of benzene rings is 1. The maximum Gasteiger partial charge on any atom is 0.0125 e. The molecule has 1 nitrogen and oxygen atoms in total. The quantitative estimate of drug-likeness (QED) is 0.843. The molecule has 2 rings (SSSR count). The van der Waals surface area contributed by atoms with Gasteiger partial charge in [-0.25, -0.2) is 0 Å². The number of nitrogens with two attached hydrogens (primary N) is 1. The third kappa shape index (κ3) is 3.72. The van der Waals surface area contributed by atoms with Gasteiger partial charge in [-0.3, -0.25) is 0 Å². The van der Waals surface area contributed by atoms with Crippen molar-refractivity contribution < 1.29 is 0 Å². The third-order valence-corrected chi connectivity index (χ3v) is 4.05. The molecule has 0 spiro atoms. The van der Waals surface area contributed by atoms with Crippen LogP contribution >= 0.6 is 12.4 Å². The molecule has 1 aromatic rings.